The lowest BCUT2D eigenvalue weighted by atomic mass is 9.66. The number of fused-ring (bicyclic) bond motifs is 1. The third kappa shape index (κ3) is 3.83. The highest BCUT2D eigenvalue weighted by Crippen LogP contribution is 2.45. The van der Waals surface area contributed by atoms with E-state index in [0.717, 1.165) is 29.9 Å². The molecule has 0 heterocycles. The van der Waals surface area contributed by atoms with Crippen molar-refractivity contribution in [3.05, 3.63) is 29.8 Å². The van der Waals surface area contributed by atoms with Crippen molar-refractivity contribution in [3.8, 4) is 5.75 Å². The van der Waals surface area contributed by atoms with Crippen LogP contribution in [0.25, 0.3) is 0 Å². The van der Waals surface area contributed by atoms with Crippen LogP contribution in [0, 0.1) is 17.8 Å². The molecule has 4 unspecified atom stereocenters. The molecule has 1 aromatic rings. The Hall–Kier alpha value is -0.500. The summed E-state index contributed by atoms with van der Waals surface area (Å²) in [5, 5.41) is 0. The third-order valence-corrected chi connectivity index (χ3v) is 6.75. The molecule has 2 fully saturated rings. The predicted molar refractivity (Wildman–Crippen MR) is 92.2 cm³/mol. The fraction of sp³-hybridized carbons (Fsp3) is 0.684. The van der Waals surface area contributed by atoms with Gasteiger partial charge in [-0.2, -0.15) is 0 Å². The first kappa shape index (κ1) is 15.4. The van der Waals surface area contributed by atoms with Gasteiger partial charge in [0.15, 0.2) is 0 Å². The van der Waals surface area contributed by atoms with Gasteiger partial charge in [-0.3, -0.25) is 0 Å². The molecule has 0 spiro atoms. The van der Waals surface area contributed by atoms with Crippen LogP contribution >= 0.6 is 15.9 Å². The van der Waals surface area contributed by atoms with Crippen molar-refractivity contribution >= 4 is 15.9 Å². The monoisotopic (exact) mass is 350 g/mol. The summed E-state index contributed by atoms with van der Waals surface area (Å²) < 4.78 is 5.24. The average molecular weight is 351 g/mol. The quantitative estimate of drug-likeness (QED) is 0.641. The first-order chi connectivity index (χ1) is 10.3. The van der Waals surface area contributed by atoms with Gasteiger partial charge in [-0.15, -0.1) is 0 Å². The van der Waals surface area contributed by atoms with Crippen molar-refractivity contribution in [2.45, 2.75) is 56.2 Å². The number of hydrogen-bond donors (Lipinski definition) is 0. The molecule has 3 rings (SSSR count). The Morgan fingerprint density at radius 3 is 2.48 bits per heavy atom. The van der Waals surface area contributed by atoms with E-state index in [9.17, 15) is 0 Å². The van der Waals surface area contributed by atoms with Crippen molar-refractivity contribution in [1.29, 1.82) is 0 Å². The maximum Gasteiger partial charge on any atom is 0.118 e. The van der Waals surface area contributed by atoms with Crippen molar-refractivity contribution < 1.29 is 4.74 Å². The first-order valence-electron chi connectivity index (χ1n) is 8.53. The first-order valence-corrected chi connectivity index (χ1v) is 9.45. The molecule has 0 aliphatic heterocycles. The van der Waals surface area contributed by atoms with Gasteiger partial charge in [-0.05, 0) is 61.1 Å². The number of halogens is 1. The number of methoxy groups -OCH3 is 1. The lowest BCUT2D eigenvalue weighted by Gasteiger charge is -2.41. The van der Waals surface area contributed by atoms with E-state index in [4.69, 9.17) is 4.74 Å². The highest BCUT2D eigenvalue weighted by Gasteiger charge is 2.34. The zero-order valence-corrected chi connectivity index (χ0v) is 14.6. The molecular formula is C19H27BrO. The Balaban J connectivity index is 1.56. The van der Waals surface area contributed by atoms with Crippen LogP contribution in [0.4, 0.5) is 0 Å². The second-order valence-corrected chi connectivity index (χ2v) is 8.12. The summed E-state index contributed by atoms with van der Waals surface area (Å²) in [6.07, 6.45) is 11.4. The summed E-state index contributed by atoms with van der Waals surface area (Å²) in [5.41, 5.74) is 1.42. The van der Waals surface area contributed by atoms with Crippen molar-refractivity contribution in [3.63, 3.8) is 0 Å². The van der Waals surface area contributed by atoms with E-state index in [2.05, 4.69) is 40.2 Å². The van der Waals surface area contributed by atoms with E-state index >= 15 is 0 Å². The summed E-state index contributed by atoms with van der Waals surface area (Å²) in [4.78, 5) is 0.633. The van der Waals surface area contributed by atoms with Crippen LogP contribution in [0.15, 0.2) is 24.3 Å². The maximum absolute atomic E-state index is 5.24. The Labute approximate surface area is 137 Å². The minimum absolute atomic E-state index is 0.633. The molecule has 0 saturated heterocycles. The number of ether oxygens (including phenoxy) is 1. The molecule has 2 heteroatoms. The van der Waals surface area contributed by atoms with Crippen LogP contribution in [-0.2, 0) is 6.42 Å². The summed E-state index contributed by atoms with van der Waals surface area (Å²) in [5.74, 6) is 3.89. The molecule has 4 atom stereocenters. The van der Waals surface area contributed by atoms with E-state index in [0.29, 0.717) is 4.83 Å². The molecule has 0 bridgehead atoms. The number of benzene rings is 1. The van der Waals surface area contributed by atoms with Gasteiger partial charge in [0.2, 0.25) is 0 Å². The van der Waals surface area contributed by atoms with Gasteiger partial charge in [0.1, 0.15) is 5.75 Å². The molecular weight excluding hydrogens is 324 g/mol. The van der Waals surface area contributed by atoms with Crippen LogP contribution in [0.5, 0.6) is 5.75 Å². The lowest BCUT2D eigenvalue weighted by molar-refractivity contribution is 0.129. The lowest BCUT2D eigenvalue weighted by Crippen LogP contribution is -2.32. The number of hydrogen-bond acceptors (Lipinski definition) is 1. The Bertz CT molecular complexity index is 441. The van der Waals surface area contributed by atoms with Gasteiger partial charge in [0.05, 0.1) is 7.11 Å². The van der Waals surface area contributed by atoms with E-state index in [1.165, 1.54) is 50.5 Å². The summed E-state index contributed by atoms with van der Waals surface area (Å²) in [6, 6.07) is 8.57. The molecule has 116 valence electrons. The molecule has 2 saturated carbocycles. The van der Waals surface area contributed by atoms with Crippen molar-refractivity contribution in [2.24, 2.45) is 17.8 Å². The summed E-state index contributed by atoms with van der Waals surface area (Å²) in [7, 11) is 1.73. The maximum atomic E-state index is 5.24. The largest absolute Gasteiger partial charge is 0.497 e. The Morgan fingerprint density at radius 1 is 1.05 bits per heavy atom. The third-order valence-electron chi connectivity index (χ3n) is 5.68. The molecule has 1 nitrogen and oxygen atoms in total. The zero-order valence-electron chi connectivity index (χ0n) is 13.1. The molecule has 0 aromatic heterocycles. The average Bonchev–Trinajstić information content (AvgIpc) is 2.55. The minimum atomic E-state index is 0.633. The van der Waals surface area contributed by atoms with Crippen molar-refractivity contribution in [1.82, 2.24) is 0 Å². The molecule has 0 radical (unpaired) electrons. The standard InChI is InChI=1S/C19H27BrO/c1-21-18-10-6-14(7-11-18)12-19(20)17-9-8-15-4-2-3-5-16(15)13-17/h6-7,10-11,15-17,19H,2-5,8-9,12-13H2,1H3. The topological polar surface area (TPSA) is 9.23 Å². The van der Waals surface area contributed by atoms with Crippen molar-refractivity contribution in [2.75, 3.05) is 7.11 Å². The minimum Gasteiger partial charge on any atom is -0.497 e. The highest BCUT2D eigenvalue weighted by atomic mass is 79.9. The van der Waals surface area contributed by atoms with E-state index in [-0.39, 0.29) is 0 Å². The molecule has 21 heavy (non-hydrogen) atoms. The fourth-order valence-electron chi connectivity index (χ4n) is 4.39. The van der Waals surface area contributed by atoms with Gasteiger partial charge in [0.25, 0.3) is 0 Å². The molecule has 0 N–H and O–H groups in total. The fourth-order valence-corrected chi connectivity index (χ4v) is 5.25. The second-order valence-electron chi connectivity index (χ2n) is 6.95. The van der Waals surface area contributed by atoms with Gasteiger partial charge in [-0.1, -0.05) is 53.7 Å². The number of alkyl halides is 1. The molecule has 2 aliphatic carbocycles. The second kappa shape index (κ2) is 7.17. The SMILES string of the molecule is COc1ccc(CC(Br)C2CCC3CCCCC3C2)cc1. The van der Waals surface area contributed by atoms with Crippen LogP contribution in [0.2, 0.25) is 0 Å². The smallest absolute Gasteiger partial charge is 0.118 e. The molecule has 0 amide bonds. The normalized spacial score (nSPS) is 30.5. The van der Waals surface area contributed by atoms with Gasteiger partial charge in [-0.25, -0.2) is 0 Å². The Kier molecular flexibility index (Phi) is 5.26. The van der Waals surface area contributed by atoms with E-state index < -0.39 is 0 Å². The van der Waals surface area contributed by atoms with Crippen LogP contribution in [0.3, 0.4) is 0 Å². The van der Waals surface area contributed by atoms with E-state index in [1.54, 1.807) is 7.11 Å². The van der Waals surface area contributed by atoms with Crippen LogP contribution < -0.4 is 4.74 Å². The van der Waals surface area contributed by atoms with Crippen LogP contribution in [-0.4, -0.2) is 11.9 Å². The predicted octanol–water partition coefficient (Wildman–Crippen LogP) is 5.61. The van der Waals surface area contributed by atoms with Crippen LogP contribution in [0.1, 0.15) is 50.5 Å². The zero-order chi connectivity index (χ0) is 14.7. The van der Waals surface area contributed by atoms with Gasteiger partial charge >= 0.3 is 0 Å². The van der Waals surface area contributed by atoms with E-state index in [1.807, 2.05) is 0 Å². The Morgan fingerprint density at radius 2 is 1.76 bits per heavy atom. The summed E-state index contributed by atoms with van der Waals surface area (Å²) in [6.45, 7) is 0. The highest BCUT2D eigenvalue weighted by molar-refractivity contribution is 9.09. The molecule has 1 aromatic carbocycles. The molecule has 2 aliphatic rings. The summed E-state index contributed by atoms with van der Waals surface area (Å²) >= 11 is 4.00. The van der Waals surface area contributed by atoms with Gasteiger partial charge < -0.3 is 4.74 Å². The number of rotatable bonds is 4. The van der Waals surface area contributed by atoms with Gasteiger partial charge in [0, 0.05) is 4.83 Å².